The summed E-state index contributed by atoms with van der Waals surface area (Å²) in [6, 6.07) is 6.77. The van der Waals surface area contributed by atoms with Gasteiger partial charge in [-0.15, -0.1) is 0 Å². The van der Waals surface area contributed by atoms with E-state index in [2.05, 4.69) is 0 Å². The molecule has 0 heterocycles. The van der Waals surface area contributed by atoms with E-state index < -0.39 is 28.3 Å². The van der Waals surface area contributed by atoms with E-state index in [9.17, 15) is 28.1 Å². The van der Waals surface area contributed by atoms with Crippen LogP contribution < -0.4 is 0 Å². The van der Waals surface area contributed by atoms with Crippen LogP contribution in [-0.4, -0.2) is 16.0 Å². The number of hydrogen-bond acceptors (Lipinski definition) is 3. The van der Waals surface area contributed by atoms with Crippen molar-refractivity contribution in [3.63, 3.8) is 0 Å². The van der Waals surface area contributed by atoms with Gasteiger partial charge in [0.25, 0.3) is 5.69 Å². The van der Waals surface area contributed by atoms with E-state index in [1.807, 2.05) is 0 Å². The molecule has 0 amide bonds. The zero-order valence-corrected chi connectivity index (χ0v) is 12.4. The summed E-state index contributed by atoms with van der Waals surface area (Å²) in [6.45, 7) is 1.58. The quantitative estimate of drug-likeness (QED) is 0.668. The molecule has 0 spiro atoms. The molecule has 5 nitrogen and oxygen atoms in total. The van der Waals surface area contributed by atoms with Crippen LogP contribution in [0.3, 0.4) is 0 Å². The Morgan fingerprint density at radius 3 is 2.38 bits per heavy atom. The van der Waals surface area contributed by atoms with Gasteiger partial charge in [-0.05, 0) is 30.2 Å². The van der Waals surface area contributed by atoms with Crippen LogP contribution in [0.2, 0.25) is 0 Å². The monoisotopic (exact) mass is 339 g/mol. The lowest BCUT2D eigenvalue weighted by atomic mass is 9.98. The second-order valence-corrected chi connectivity index (χ2v) is 5.23. The van der Waals surface area contributed by atoms with Gasteiger partial charge in [-0.25, -0.2) is 4.79 Å². The number of hydrogen-bond donors (Lipinski definition) is 1. The fourth-order valence-corrected chi connectivity index (χ4v) is 2.36. The van der Waals surface area contributed by atoms with Crippen LogP contribution >= 0.6 is 0 Å². The van der Waals surface area contributed by atoms with Crippen LogP contribution in [0.5, 0.6) is 0 Å². The van der Waals surface area contributed by atoms with Crippen molar-refractivity contribution in [2.45, 2.75) is 19.5 Å². The Morgan fingerprint density at radius 1 is 1.21 bits per heavy atom. The van der Waals surface area contributed by atoms with Gasteiger partial charge in [-0.1, -0.05) is 18.2 Å². The van der Waals surface area contributed by atoms with E-state index in [0.717, 1.165) is 12.1 Å². The lowest BCUT2D eigenvalue weighted by Crippen LogP contribution is -2.07. The molecule has 24 heavy (non-hydrogen) atoms. The molecule has 8 heteroatoms. The van der Waals surface area contributed by atoms with Crippen molar-refractivity contribution in [1.29, 1.82) is 0 Å². The van der Waals surface area contributed by atoms with Crippen molar-refractivity contribution < 1.29 is 28.0 Å². The van der Waals surface area contributed by atoms with Gasteiger partial charge >= 0.3 is 12.1 Å². The SMILES string of the molecule is Cc1cc(Cc2ccc(C(F)(F)F)cc2[N+](=O)[O-])ccc1C(=O)O. The molecule has 2 aromatic rings. The lowest BCUT2D eigenvalue weighted by molar-refractivity contribution is -0.385. The van der Waals surface area contributed by atoms with Crippen molar-refractivity contribution in [3.05, 3.63) is 74.3 Å². The van der Waals surface area contributed by atoms with Crippen LogP contribution in [0.25, 0.3) is 0 Å². The molecule has 0 radical (unpaired) electrons. The molecule has 0 aliphatic heterocycles. The number of nitrogens with zero attached hydrogens (tertiary/aromatic N) is 1. The number of carboxylic acids is 1. The van der Waals surface area contributed by atoms with Gasteiger partial charge in [0, 0.05) is 18.1 Å². The van der Waals surface area contributed by atoms with Crippen LogP contribution in [-0.2, 0) is 12.6 Å². The zero-order valence-electron chi connectivity index (χ0n) is 12.4. The van der Waals surface area contributed by atoms with E-state index in [4.69, 9.17) is 5.11 Å². The Bertz CT molecular complexity index is 815. The highest BCUT2D eigenvalue weighted by Gasteiger charge is 2.32. The maximum absolute atomic E-state index is 12.7. The summed E-state index contributed by atoms with van der Waals surface area (Å²) < 4.78 is 38.1. The summed E-state index contributed by atoms with van der Waals surface area (Å²) in [7, 11) is 0. The maximum Gasteiger partial charge on any atom is 0.416 e. The average molecular weight is 339 g/mol. The highest BCUT2D eigenvalue weighted by Crippen LogP contribution is 2.33. The Hall–Kier alpha value is -2.90. The van der Waals surface area contributed by atoms with E-state index in [1.165, 1.54) is 12.1 Å². The third-order valence-corrected chi connectivity index (χ3v) is 3.53. The summed E-state index contributed by atoms with van der Waals surface area (Å²) >= 11 is 0. The molecule has 0 aromatic heterocycles. The first-order chi connectivity index (χ1) is 11.1. The van der Waals surface area contributed by atoms with Gasteiger partial charge in [0.1, 0.15) is 0 Å². The fourth-order valence-electron chi connectivity index (χ4n) is 2.36. The Kier molecular flexibility index (Phi) is 4.59. The van der Waals surface area contributed by atoms with Crippen molar-refractivity contribution in [2.24, 2.45) is 0 Å². The number of carboxylic acid groups (broad SMARTS) is 1. The van der Waals surface area contributed by atoms with Crippen LogP contribution in [0.1, 0.15) is 32.6 Å². The lowest BCUT2D eigenvalue weighted by Gasteiger charge is -2.10. The molecular weight excluding hydrogens is 327 g/mol. The third kappa shape index (κ3) is 3.70. The van der Waals surface area contributed by atoms with Gasteiger partial charge in [-0.2, -0.15) is 13.2 Å². The largest absolute Gasteiger partial charge is 0.478 e. The molecule has 0 saturated carbocycles. The number of aryl methyl sites for hydroxylation is 1. The molecule has 0 unspecified atom stereocenters. The third-order valence-electron chi connectivity index (χ3n) is 3.53. The summed E-state index contributed by atoms with van der Waals surface area (Å²) in [5, 5.41) is 20.0. The second-order valence-electron chi connectivity index (χ2n) is 5.23. The number of carbonyl (C=O) groups is 1. The predicted molar refractivity (Wildman–Crippen MR) is 79.0 cm³/mol. The molecule has 126 valence electrons. The van der Waals surface area contributed by atoms with Crippen molar-refractivity contribution in [2.75, 3.05) is 0 Å². The number of nitro groups is 1. The number of rotatable bonds is 4. The number of benzene rings is 2. The standard InChI is InChI=1S/C16H12F3NO4/c1-9-6-10(2-5-13(9)15(21)22)7-11-3-4-12(16(17,18)19)8-14(11)20(23)24/h2-6,8H,7H2,1H3,(H,21,22). The fraction of sp³-hybridized carbons (Fsp3) is 0.188. The smallest absolute Gasteiger partial charge is 0.416 e. The Morgan fingerprint density at radius 2 is 1.88 bits per heavy atom. The Labute approximate surface area is 134 Å². The van der Waals surface area contributed by atoms with E-state index in [-0.39, 0.29) is 17.5 Å². The highest BCUT2D eigenvalue weighted by molar-refractivity contribution is 5.89. The second kappa shape index (κ2) is 6.31. The molecule has 2 rings (SSSR count). The Balaban J connectivity index is 2.41. The zero-order chi connectivity index (χ0) is 18.1. The first-order valence-electron chi connectivity index (χ1n) is 6.77. The van der Waals surface area contributed by atoms with Crippen LogP contribution in [0, 0.1) is 17.0 Å². The molecule has 1 N–H and O–H groups in total. The number of nitro benzene ring substituents is 1. The normalized spacial score (nSPS) is 11.3. The van der Waals surface area contributed by atoms with Crippen LogP contribution in [0.15, 0.2) is 36.4 Å². The van der Waals surface area contributed by atoms with Gasteiger partial charge < -0.3 is 5.11 Å². The molecule has 0 bridgehead atoms. The molecule has 2 aromatic carbocycles. The predicted octanol–water partition coefficient (Wildman–Crippen LogP) is 4.21. The molecular formula is C16H12F3NO4. The topological polar surface area (TPSA) is 80.4 Å². The average Bonchev–Trinajstić information content (AvgIpc) is 2.45. The van der Waals surface area contributed by atoms with Gasteiger partial charge in [-0.3, -0.25) is 10.1 Å². The molecule has 0 saturated heterocycles. The first kappa shape index (κ1) is 17.5. The van der Waals surface area contributed by atoms with E-state index in [1.54, 1.807) is 13.0 Å². The molecule has 0 atom stereocenters. The summed E-state index contributed by atoms with van der Waals surface area (Å²) in [5.74, 6) is -1.10. The number of aromatic carboxylic acids is 1. The summed E-state index contributed by atoms with van der Waals surface area (Å²) in [5.41, 5.74) is -0.453. The van der Waals surface area contributed by atoms with Crippen molar-refractivity contribution in [1.82, 2.24) is 0 Å². The minimum atomic E-state index is -4.66. The van der Waals surface area contributed by atoms with Gasteiger partial charge in [0.05, 0.1) is 16.1 Å². The van der Waals surface area contributed by atoms with E-state index in [0.29, 0.717) is 17.2 Å². The highest BCUT2D eigenvalue weighted by atomic mass is 19.4. The molecule has 0 aliphatic carbocycles. The number of halogens is 3. The minimum Gasteiger partial charge on any atom is -0.478 e. The molecule has 0 fully saturated rings. The first-order valence-corrected chi connectivity index (χ1v) is 6.77. The number of alkyl halides is 3. The minimum absolute atomic E-state index is 0.0230. The van der Waals surface area contributed by atoms with Crippen molar-refractivity contribution in [3.8, 4) is 0 Å². The van der Waals surface area contributed by atoms with Crippen LogP contribution in [0.4, 0.5) is 18.9 Å². The maximum atomic E-state index is 12.7. The molecule has 0 aliphatic rings. The van der Waals surface area contributed by atoms with Crippen molar-refractivity contribution >= 4 is 11.7 Å². The summed E-state index contributed by atoms with van der Waals surface area (Å²) in [6.07, 6.45) is -4.64. The van der Waals surface area contributed by atoms with Gasteiger partial charge in [0.2, 0.25) is 0 Å². The van der Waals surface area contributed by atoms with Gasteiger partial charge in [0.15, 0.2) is 0 Å². The summed E-state index contributed by atoms with van der Waals surface area (Å²) in [4.78, 5) is 21.2. The van der Waals surface area contributed by atoms with E-state index >= 15 is 0 Å².